The van der Waals surface area contributed by atoms with E-state index in [2.05, 4.69) is 25.7 Å². The summed E-state index contributed by atoms with van der Waals surface area (Å²) >= 11 is 0. The van der Waals surface area contributed by atoms with Crippen molar-refractivity contribution >= 4 is 5.97 Å². The van der Waals surface area contributed by atoms with Crippen molar-refractivity contribution in [1.29, 1.82) is 0 Å². The molecule has 3 heteroatoms. The quantitative estimate of drug-likeness (QED) is 0.632. The maximum Gasteiger partial charge on any atom is 0.323 e. The minimum absolute atomic E-state index is 0.00468. The lowest BCUT2D eigenvalue weighted by Gasteiger charge is -2.33. The summed E-state index contributed by atoms with van der Waals surface area (Å²) in [6.45, 7) is 7.42. The van der Waals surface area contributed by atoms with E-state index in [1.807, 2.05) is 0 Å². The van der Waals surface area contributed by atoms with Crippen molar-refractivity contribution in [2.75, 3.05) is 13.7 Å². The monoisotopic (exact) mass is 213 g/mol. The molecule has 1 aliphatic carbocycles. The van der Waals surface area contributed by atoms with E-state index in [0.717, 1.165) is 13.0 Å². The molecular weight excluding hydrogens is 190 g/mol. The van der Waals surface area contributed by atoms with Gasteiger partial charge in [-0.1, -0.05) is 6.92 Å². The van der Waals surface area contributed by atoms with Gasteiger partial charge in [0.1, 0.15) is 6.04 Å². The van der Waals surface area contributed by atoms with Crippen LogP contribution in [0, 0.1) is 5.92 Å². The van der Waals surface area contributed by atoms with Crippen molar-refractivity contribution in [2.45, 2.75) is 52.1 Å². The number of carbonyl (C=O) groups excluding carboxylic acids is 1. The Balaban J connectivity index is 2.69. The Labute approximate surface area is 92.8 Å². The van der Waals surface area contributed by atoms with Gasteiger partial charge < -0.3 is 4.74 Å². The van der Waals surface area contributed by atoms with Gasteiger partial charge in [-0.3, -0.25) is 9.69 Å². The van der Waals surface area contributed by atoms with Crippen LogP contribution in [0.25, 0.3) is 0 Å². The third-order valence-electron chi connectivity index (χ3n) is 3.01. The summed E-state index contributed by atoms with van der Waals surface area (Å²) < 4.78 is 4.91. The number of ether oxygens (including phenoxy) is 1. The van der Waals surface area contributed by atoms with E-state index in [9.17, 15) is 4.79 Å². The molecule has 1 rings (SSSR count). The fourth-order valence-corrected chi connectivity index (χ4v) is 2.11. The molecule has 0 bridgehead atoms. The van der Waals surface area contributed by atoms with Crippen molar-refractivity contribution in [3.8, 4) is 0 Å². The topological polar surface area (TPSA) is 29.5 Å². The molecule has 0 spiro atoms. The summed E-state index contributed by atoms with van der Waals surface area (Å²) in [4.78, 5) is 14.0. The van der Waals surface area contributed by atoms with Gasteiger partial charge in [-0.05, 0) is 45.6 Å². The molecule has 0 saturated heterocycles. The van der Waals surface area contributed by atoms with Gasteiger partial charge in [-0.25, -0.2) is 0 Å². The first-order valence-corrected chi connectivity index (χ1v) is 5.95. The van der Waals surface area contributed by atoms with Crippen LogP contribution >= 0.6 is 0 Å². The van der Waals surface area contributed by atoms with E-state index in [4.69, 9.17) is 4.74 Å². The lowest BCUT2D eigenvalue weighted by Crippen LogP contribution is -2.47. The Morgan fingerprint density at radius 1 is 1.47 bits per heavy atom. The number of rotatable bonds is 6. The molecule has 1 unspecified atom stereocenters. The minimum atomic E-state index is -0.0559. The normalized spacial score (nSPS) is 18.3. The number of hydrogen-bond acceptors (Lipinski definition) is 3. The molecule has 15 heavy (non-hydrogen) atoms. The Kier molecular flexibility index (Phi) is 4.58. The van der Waals surface area contributed by atoms with Gasteiger partial charge in [0.05, 0.1) is 7.11 Å². The fourth-order valence-electron chi connectivity index (χ4n) is 2.11. The van der Waals surface area contributed by atoms with Crippen LogP contribution in [-0.2, 0) is 9.53 Å². The van der Waals surface area contributed by atoms with E-state index in [1.54, 1.807) is 0 Å². The standard InChI is InChI=1S/C12H23NO2/c1-5-8-13(9(2)3)11(10-6-7-10)12(14)15-4/h9-11H,5-8H2,1-4H3. The van der Waals surface area contributed by atoms with Gasteiger partial charge in [-0.2, -0.15) is 0 Å². The average Bonchev–Trinajstić information content (AvgIpc) is 3.00. The molecule has 1 atom stereocenters. The predicted octanol–water partition coefficient (Wildman–Crippen LogP) is 2.06. The number of hydrogen-bond donors (Lipinski definition) is 0. The zero-order chi connectivity index (χ0) is 11.4. The van der Waals surface area contributed by atoms with Crippen molar-refractivity contribution in [3.63, 3.8) is 0 Å². The fraction of sp³-hybridized carbons (Fsp3) is 0.917. The first-order chi connectivity index (χ1) is 7.11. The number of esters is 1. The molecule has 1 fully saturated rings. The van der Waals surface area contributed by atoms with Gasteiger partial charge in [0.25, 0.3) is 0 Å². The second-order valence-electron chi connectivity index (χ2n) is 4.64. The average molecular weight is 213 g/mol. The van der Waals surface area contributed by atoms with Crippen LogP contribution in [0.5, 0.6) is 0 Å². The Morgan fingerprint density at radius 2 is 2.07 bits per heavy atom. The molecule has 88 valence electrons. The van der Waals surface area contributed by atoms with Crippen LogP contribution in [0.4, 0.5) is 0 Å². The molecular formula is C12H23NO2. The van der Waals surface area contributed by atoms with Crippen molar-refractivity contribution in [1.82, 2.24) is 4.90 Å². The van der Waals surface area contributed by atoms with Crippen LogP contribution in [-0.4, -0.2) is 36.6 Å². The van der Waals surface area contributed by atoms with E-state index in [0.29, 0.717) is 12.0 Å². The van der Waals surface area contributed by atoms with Gasteiger partial charge in [0.15, 0.2) is 0 Å². The molecule has 1 saturated carbocycles. The van der Waals surface area contributed by atoms with Crippen molar-refractivity contribution < 1.29 is 9.53 Å². The first-order valence-electron chi connectivity index (χ1n) is 5.95. The number of methoxy groups -OCH3 is 1. The number of carbonyl (C=O) groups is 1. The third kappa shape index (κ3) is 3.20. The molecule has 0 N–H and O–H groups in total. The summed E-state index contributed by atoms with van der Waals surface area (Å²) in [5, 5.41) is 0. The van der Waals surface area contributed by atoms with E-state index >= 15 is 0 Å². The zero-order valence-corrected chi connectivity index (χ0v) is 10.3. The molecule has 0 aliphatic heterocycles. The van der Waals surface area contributed by atoms with Crippen LogP contribution in [0.1, 0.15) is 40.0 Å². The molecule has 0 aromatic rings. The lowest BCUT2D eigenvalue weighted by atomic mass is 10.1. The van der Waals surface area contributed by atoms with Crippen LogP contribution in [0.15, 0.2) is 0 Å². The summed E-state index contributed by atoms with van der Waals surface area (Å²) in [5.41, 5.74) is 0. The Morgan fingerprint density at radius 3 is 2.40 bits per heavy atom. The minimum Gasteiger partial charge on any atom is -0.468 e. The SMILES string of the molecule is CCCN(C(C)C)C(C(=O)OC)C1CC1. The van der Waals surface area contributed by atoms with Crippen molar-refractivity contribution in [2.24, 2.45) is 5.92 Å². The molecule has 3 nitrogen and oxygen atoms in total. The summed E-state index contributed by atoms with van der Waals surface area (Å²) in [5.74, 6) is 0.478. The van der Waals surface area contributed by atoms with Crippen LogP contribution in [0.2, 0.25) is 0 Å². The molecule has 0 aromatic carbocycles. The predicted molar refractivity (Wildman–Crippen MR) is 60.7 cm³/mol. The largest absolute Gasteiger partial charge is 0.468 e. The molecule has 0 heterocycles. The highest BCUT2D eigenvalue weighted by Crippen LogP contribution is 2.36. The molecule has 0 amide bonds. The maximum atomic E-state index is 11.8. The molecule has 0 aromatic heterocycles. The second kappa shape index (κ2) is 5.50. The molecule has 0 radical (unpaired) electrons. The van der Waals surface area contributed by atoms with Crippen LogP contribution in [0.3, 0.4) is 0 Å². The van der Waals surface area contributed by atoms with Gasteiger partial charge >= 0.3 is 5.97 Å². The third-order valence-corrected chi connectivity index (χ3v) is 3.01. The summed E-state index contributed by atoms with van der Waals surface area (Å²) in [6.07, 6.45) is 3.43. The van der Waals surface area contributed by atoms with Gasteiger partial charge in [0.2, 0.25) is 0 Å². The van der Waals surface area contributed by atoms with Crippen LogP contribution < -0.4 is 0 Å². The maximum absolute atomic E-state index is 11.8. The van der Waals surface area contributed by atoms with E-state index in [1.165, 1.54) is 20.0 Å². The van der Waals surface area contributed by atoms with E-state index in [-0.39, 0.29) is 12.0 Å². The highest BCUT2D eigenvalue weighted by Gasteiger charge is 2.41. The summed E-state index contributed by atoms with van der Waals surface area (Å²) in [7, 11) is 1.49. The zero-order valence-electron chi connectivity index (χ0n) is 10.3. The lowest BCUT2D eigenvalue weighted by molar-refractivity contribution is -0.148. The highest BCUT2D eigenvalue weighted by atomic mass is 16.5. The molecule has 1 aliphatic rings. The highest BCUT2D eigenvalue weighted by molar-refractivity contribution is 5.76. The van der Waals surface area contributed by atoms with Gasteiger partial charge in [-0.15, -0.1) is 0 Å². The second-order valence-corrected chi connectivity index (χ2v) is 4.64. The van der Waals surface area contributed by atoms with E-state index < -0.39 is 0 Å². The van der Waals surface area contributed by atoms with Crippen molar-refractivity contribution in [3.05, 3.63) is 0 Å². The summed E-state index contributed by atoms with van der Waals surface area (Å²) in [6, 6.07) is 0.407. The first kappa shape index (κ1) is 12.5. The smallest absolute Gasteiger partial charge is 0.323 e. The number of nitrogens with zero attached hydrogens (tertiary/aromatic N) is 1. The van der Waals surface area contributed by atoms with Gasteiger partial charge in [0, 0.05) is 6.04 Å². The Hall–Kier alpha value is -0.570. The Bertz CT molecular complexity index is 212.